The van der Waals surface area contributed by atoms with Crippen LogP contribution in [0, 0.1) is 11.3 Å². The van der Waals surface area contributed by atoms with E-state index in [9.17, 15) is 4.79 Å². The van der Waals surface area contributed by atoms with Crippen molar-refractivity contribution in [3.8, 4) is 11.8 Å². The summed E-state index contributed by atoms with van der Waals surface area (Å²) in [5.41, 5.74) is 8.00. The number of benzene rings is 2. The number of nitrogens with two attached hydrogens (primary N) is 1. The van der Waals surface area contributed by atoms with E-state index in [-0.39, 0.29) is 11.6 Å². The molecular weight excluding hydrogens is 276 g/mol. The van der Waals surface area contributed by atoms with Crippen LogP contribution in [0.25, 0.3) is 5.69 Å². The third-order valence-corrected chi connectivity index (χ3v) is 3.32. The van der Waals surface area contributed by atoms with Gasteiger partial charge in [-0.25, -0.2) is 4.98 Å². The van der Waals surface area contributed by atoms with Gasteiger partial charge < -0.3 is 5.73 Å². The summed E-state index contributed by atoms with van der Waals surface area (Å²) >= 11 is 0. The summed E-state index contributed by atoms with van der Waals surface area (Å²) in [6.45, 7) is 0. The molecule has 5 nitrogen and oxygen atoms in total. The zero-order valence-corrected chi connectivity index (χ0v) is 11.6. The average molecular weight is 288 g/mol. The van der Waals surface area contributed by atoms with Crippen molar-refractivity contribution in [2.24, 2.45) is 0 Å². The van der Waals surface area contributed by atoms with Gasteiger partial charge in [0.05, 0.1) is 11.6 Å². The minimum absolute atomic E-state index is 0.179. The Labute approximate surface area is 127 Å². The highest BCUT2D eigenvalue weighted by atomic mass is 16.1. The molecule has 0 bridgehead atoms. The molecule has 106 valence electrons. The number of nitrogens with zero attached hydrogens (tertiary/aromatic N) is 3. The second-order valence-corrected chi connectivity index (χ2v) is 4.70. The fourth-order valence-electron chi connectivity index (χ4n) is 2.21. The lowest BCUT2D eigenvalue weighted by molar-refractivity contribution is 0.103. The SMILES string of the molecule is N#Cc1ccc(-n2cnc(N)c2C(=O)c2ccccc2)cc1. The Morgan fingerprint density at radius 2 is 1.77 bits per heavy atom. The maximum Gasteiger partial charge on any atom is 0.213 e. The first-order chi connectivity index (χ1) is 10.7. The van der Waals surface area contributed by atoms with E-state index in [0.29, 0.717) is 16.8 Å². The van der Waals surface area contributed by atoms with Gasteiger partial charge in [0.1, 0.15) is 12.0 Å². The Kier molecular flexibility index (Phi) is 3.42. The smallest absolute Gasteiger partial charge is 0.213 e. The maximum atomic E-state index is 12.7. The van der Waals surface area contributed by atoms with E-state index in [0.717, 1.165) is 5.69 Å². The Balaban J connectivity index is 2.08. The molecule has 1 aromatic heterocycles. The molecule has 0 aliphatic carbocycles. The number of nitriles is 1. The van der Waals surface area contributed by atoms with Gasteiger partial charge in [0.2, 0.25) is 5.78 Å². The average Bonchev–Trinajstić information content (AvgIpc) is 2.96. The van der Waals surface area contributed by atoms with Gasteiger partial charge in [-0.2, -0.15) is 5.26 Å². The topological polar surface area (TPSA) is 84.7 Å². The first-order valence-electron chi connectivity index (χ1n) is 6.64. The molecule has 2 N–H and O–H groups in total. The summed E-state index contributed by atoms with van der Waals surface area (Å²) in [6.07, 6.45) is 1.51. The molecule has 2 aromatic carbocycles. The summed E-state index contributed by atoms with van der Waals surface area (Å²) < 4.78 is 1.63. The van der Waals surface area contributed by atoms with Gasteiger partial charge in [0.15, 0.2) is 5.82 Å². The third kappa shape index (κ3) is 2.34. The number of carbonyl (C=O) groups is 1. The number of ketones is 1. The van der Waals surface area contributed by atoms with Crippen LogP contribution in [0.2, 0.25) is 0 Å². The Bertz CT molecular complexity index is 858. The van der Waals surface area contributed by atoms with E-state index < -0.39 is 0 Å². The molecule has 0 fully saturated rings. The van der Waals surface area contributed by atoms with Crippen molar-refractivity contribution >= 4 is 11.6 Å². The van der Waals surface area contributed by atoms with Crippen LogP contribution >= 0.6 is 0 Å². The van der Waals surface area contributed by atoms with Crippen molar-refractivity contribution in [3.05, 3.63) is 77.7 Å². The second-order valence-electron chi connectivity index (χ2n) is 4.70. The van der Waals surface area contributed by atoms with E-state index in [1.807, 2.05) is 6.07 Å². The molecule has 3 rings (SSSR count). The van der Waals surface area contributed by atoms with Crippen LogP contribution in [0.15, 0.2) is 60.9 Å². The van der Waals surface area contributed by atoms with Gasteiger partial charge in [0.25, 0.3) is 0 Å². The molecule has 0 saturated carbocycles. The van der Waals surface area contributed by atoms with E-state index in [1.165, 1.54) is 6.33 Å². The number of rotatable bonds is 3. The summed E-state index contributed by atoms with van der Waals surface area (Å²) in [4.78, 5) is 16.7. The van der Waals surface area contributed by atoms with Crippen LogP contribution in [0.4, 0.5) is 5.82 Å². The van der Waals surface area contributed by atoms with Crippen molar-refractivity contribution in [1.82, 2.24) is 9.55 Å². The predicted octanol–water partition coefficient (Wildman–Crippen LogP) is 2.56. The predicted molar refractivity (Wildman–Crippen MR) is 82.6 cm³/mol. The Hall–Kier alpha value is -3.39. The number of hydrogen-bond acceptors (Lipinski definition) is 4. The molecule has 3 aromatic rings. The van der Waals surface area contributed by atoms with Gasteiger partial charge in [-0.3, -0.25) is 9.36 Å². The largest absolute Gasteiger partial charge is 0.382 e. The third-order valence-electron chi connectivity index (χ3n) is 3.32. The van der Waals surface area contributed by atoms with E-state index in [2.05, 4.69) is 11.1 Å². The number of imidazole rings is 1. The van der Waals surface area contributed by atoms with Crippen molar-refractivity contribution < 1.29 is 4.79 Å². The van der Waals surface area contributed by atoms with E-state index in [1.54, 1.807) is 53.1 Å². The summed E-state index contributed by atoms with van der Waals surface area (Å²) in [5.74, 6) is -0.0156. The molecule has 0 radical (unpaired) electrons. The fraction of sp³-hybridized carbons (Fsp3) is 0. The van der Waals surface area contributed by atoms with Gasteiger partial charge in [-0.1, -0.05) is 30.3 Å². The maximum absolute atomic E-state index is 12.7. The Morgan fingerprint density at radius 1 is 1.09 bits per heavy atom. The molecule has 22 heavy (non-hydrogen) atoms. The fourth-order valence-corrected chi connectivity index (χ4v) is 2.21. The molecule has 5 heteroatoms. The molecule has 0 saturated heterocycles. The van der Waals surface area contributed by atoms with Crippen LogP contribution in [-0.2, 0) is 0 Å². The summed E-state index contributed by atoms with van der Waals surface area (Å²) in [6, 6.07) is 17.8. The van der Waals surface area contributed by atoms with Crippen molar-refractivity contribution in [1.29, 1.82) is 5.26 Å². The number of carbonyl (C=O) groups excluding carboxylic acids is 1. The van der Waals surface area contributed by atoms with Crippen LogP contribution in [-0.4, -0.2) is 15.3 Å². The molecular formula is C17H12N4O. The van der Waals surface area contributed by atoms with Gasteiger partial charge in [-0.05, 0) is 24.3 Å². The number of anilines is 1. The highest BCUT2D eigenvalue weighted by molar-refractivity contribution is 6.10. The molecule has 0 spiro atoms. The zero-order chi connectivity index (χ0) is 15.5. The van der Waals surface area contributed by atoms with E-state index in [4.69, 9.17) is 11.0 Å². The number of aromatic nitrogens is 2. The van der Waals surface area contributed by atoms with Crippen LogP contribution in [0.3, 0.4) is 0 Å². The lowest BCUT2D eigenvalue weighted by Gasteiger charge is -2.08. The molecule has 1 heterocycles. The van der Waals surface area contributed by atoms with Crippen molar-refractivity contribution in [2.45, 2.75) is 0 Å². The standard InChI is InChI=1S/C17H12N4O/c18-10-12-6-8-14(9-7-12)21-11-20-17(19)15(21)16(22)13-4-2-1-3-5-13/h1-9,11H,19H2. The van der Waals surface area contributed by atoms with Crippen molar-refractivity contribution in [3.63, 3.8) is 0 Å². The molecule has 0 amide bonds. The van der Waals surface area contributed by atoms with Gasteiger partial charge >= 0.3 is 0 Å². The minimum atomic E-state index is -0.194. The first-order valence-corrected chi connectivity index (χ1v) is 6.64. The van der Waals surface area contributed by atoms with Gasteiger partial charge in [-0.15, -0.1) is 0 Å². The summed E-state index contributed by atoms with van der Waals surface area (Å²) in [5, 5.41) is 8.85. The molecule has 0 unspecified atom stereocenters. The zero-order valence-electron chi connectivity index (χ0n) is 11.6. The normalized spacial score (nSPS) is 10.1. The highest BCUT2D eigenvalue weighted by Crippen LogP contribution is 2.20. The highest BCUT2D eigenvalue weighted by Gasteiger charge is 2.19. The van der Waals surface area contributed by atoms with Crippen LogP contribution < -0.4 is 5.73 Å². The summed E-state index contributed by atoms with van der Waals surface area (Å²) in [7, 11) is 0. The lowest BCUT2D eigenvalue weighted by Crippen LogP contribution is -2.10. The second kappa shape index (κ2) is 5.54. The Morgan fingerprint density at radius 3 is 2.41 bits per heavy atom. The quantitative estimate of drug-likeness (QED) is 0.750. The van der Waals surface area contributed by atoms with E-state index >= 15 is 0 Å². The lowest BCUT2D eigenvalue weighted by atomic mass is 10.1. The molecule has 0 aliphatic rings. The van der Waals surface area contributed by atoms with Crippen LogP contribution in [0.1, 0.15) is 21.6 Å². The molecule has 0 atom stereocenters. The van der Waals surface area contributed by atoms with Crippen molar-refractivity contribution in [2.75, 3.05) is 5.73 Å². The monoisotopic (exact) mass is 288 g/mol. The van der Waals surface area contributed by atoms with Gasteiger partial charge in [0, 0.05) is 11.3 Å². The molecule has 0 aliphatic heterocycles. The number of hydrogen-bond donors (Lipinski definition) is 1. The number of nitrogen functional groups attached to an aromatic ring is 1. The van der Waals surface area contributed by atoms with Crippen LogP contribution in [0.5, 0.6) is 0 Å². The minimum Gasteiger partial charge on any atom is -0.382 e. The first kappa shape index (κ1) is 13.6.